The van der Waals surface area contributed by atoms with E-state index < -0.39 is 16.7 Å². The van der Waals surface area contributed by atoms with Gasteiger partial charge in [0.1, 0.15) is 0 Å². The molecule has 3 aliphatic rings. The van der Waals surface area contributed by atoms with Gasteiger partial charge in [-0.3, -0.25) is 0 Å². The number of hydrogen-bond donors (Lipinski definition) is 2. The van der Waals surface area contributed by atoms with Gasteiger partial charge < -0.3 is 19.6 Å². The molecule has 0 spiro atoms. The first kappa shape index (κ1) is 38.0. The van der Waals surface area contributed by atoms with E-state index in [1.54, 1.807) is 8.88 Å². The summed E-state index contributed by atoms with van der Waals surface area (Å²) in [6.07, 6.45) is 5.11. The van der Waals surface area contributed by atoms with Crippen molar-refractivity contribution in [1.29, 1.82) is 0 Å². The molecule has 0 saturated carbocycles. The molecule has 0 radical (unpaired) electrons. The zero-order chi connectivity index (χ0) is 24.8. The molecule has 3 heterocycles. The topological polar surface area (TPSA) is 55.5 Å². The molecule has 0 aromatic rings. The van der Waals surface area contributed by atoms with Gasteiger partial charge in [-0.15, -0.1) is 11.1 Å². The third kappa shape index (κ3) is 14.7. The molecule has 0 aromatic heterocycles. The first-order valence-corrected chi connectivity index (χ1v) is 15.0. The van der Waals surface area contributed by atoms with E-state index in [0.29, 0.717) is 0 Å². The van der Waals surface area contributed by atoms with Crippen LogP contribution in [0.2, 0.25) is 0 Å². The van der Waals surface area contributed by atoms with Crippen LogP contribution in [0.25, 0.3) is 10.2 Å². The van der Waals surface area contributed by atoms with Crippen LogP contribution in [0.1, 0.15) is 109 Å². The summed E-state index contributed by atoms with van der Waals surface area (Å²) in [6.45, 7) is 31.3. The van der Waals surface area contributed by atoms with Crippen LogP contribution in [0.15, 0.2) is 0 Å². The van der Waals surface area contributed by atoms with Crippen molar-refractivity contribution in [2.24, 2.45) is 0 Å². The number of nitrogens with zero attached hydrogens (tertiary/aromatic N) is 2. The molecular weight excluding hydrogens is 452 g/mol. The van der Waals surface area contributed by atoms with E-state index in [2.05, 4.69) is 83.1 Å². The predicted molar refractivity (Wildman–Crippen MR) is 142 cm³/mol. The van der Waals surface area contributed by atoms with Crippen molar-refractivity contribution in [2.75, 3.05) is 26.4 Å². The molecule has 0 bridgehead atoms. The van der Waals surface area contributed by atoms with E-state index in [4.69, 9.17) is 19.6 Å². The van der Waals surface area contributed by atoms with Crippen molar-refractivity contribution in [3.63, 3.8) is 0 Å². The Balaban J connectivity index is 0. The smallest absolute Gasteiger partial charge is 0.523 e. The Hall–Kier alpha value is 1.81. The Labute approximate surface area is 239 Å². The van der Waals surface area contributed by atoms with Crippen LogP contribution in [-0.4, -0.2) is 48.6 Å². The van der Waals surface area contributed by atoms with Crippen molar-refractivity contribution >= 4 is 16.7 Å². The molecule has 3 aliphatic heterocycles. The molecule has 0 atom stereocenters. The molecule has 3 rings (SSSR count). The van der Waals surface area contributed by atoms with Gasteiger partial charge in [0.05, 0.1) is 11.1 Å². The molecular formula is C24H54Li2N4O2P2+2. The fourth-order valence-corrected chi connectivity index (χ4v) is 10.4. The van der Waals surface area contributed by atoms with E-state index >= 15 is 0 Å². The fourth-order valence-electron chi connectivity index (χ4n) is 3.42. The molecule has 192 valence electrons. The van der Waals surface area contributed by atoms with Crippen LogP contribution >= 0.6 is 16.7 Å². The van der Waals surface area contributed by atoms with Crippen molar-refractivity contribution in [3.05, 3.63) is 10.2 Å². The maximum Gasteiger partial charge on any atom is 1.00 e. The van der Waals surface area contributed by atoms with Gasteiger partial charge in [0.25, 0.3) is 0 Å². The largest absolute Gasteiger partial charge is 1.00 e. The van der Waals surface area contributed by atoms with Crippen molar-refractivity contribution in [2.45, 2.75) is 131 Å². The quantitative estimate of drug-likeness (QED) is 0.402. The summed E-state index contributed by atoms with van der Waals surface area (Å²) in [5, 5.41) is 10.5. The summed E-state index contributed by atoms with van der Waals surface area (Å²) in [6, 6.07) is 0. The Morgan fingerprint density at radius 2 is 0.735 bits per heavy atom. The van der Waals surface area contributed by atoms with Gasteiger partial charge in [0.15, 0.2) is 0 Å². The van der Waals surface area contributed by atoms with Gasteiger partial charge in [0, 0.05) is 26.4 Å². The third-order valence-corrected chi connectivity index (χ3v) is 12.8. The van der Waals surface area contributed by atoms with Gasteiger partial charge in [-0.1, -0.05) is 41.5 Å². The first-order valence-electron chi connectivity index (χ1n) is 12.4. The minimum absolute atomic E-state index is 0. The summed E-state index contributed by atoms with van der Waals surface area (Å²) in [7, 11) is -0.975. The second kappa shape index (κ2) is 16.0. The Morgan fingerprint density at radius 3 is 0.853 bits per heavy atom. The molecule has 0 aliphatic carbocycles. The predicted octanol–water partition coefficient (Wildman–Crippen LogP) is -0.233. The molecule has 3 fully saturated rings. The van der Waals surface area contributed by atoms with E-state index in [1.807, 2.05) is 0 Å². The molecule has 0 unspecified atom stereocenters. The van der Waals surface area contributed by atoms with E-state index in [0.717, 1.165) is 26.4 Å². The van der Waals surface area contributed by atoms with Crippen LogP contribution in [0.3, 0.4) is 0 Å². The summed E-state index contributed by atoms with van der Waals surface area (Å²) in [4.78, 5) is 0. The van der Waals surface area contributed by atoms with Crippen LogP contribution < -0.4 is 46.6 Å². The zero-order valence-electron chi connectivity index (χ0n) is 25.3. The first-order chi connectivity index (χ1) is 14.4. The molecule has 2 N–H and O–H groups in total. The van der Waals surface area contributed by atoms with Gasteiger partial charge in [-0.25, -0.2) is 8.88 Å². The van der Waals surface area contributed by atoms with Gasteiger partial charge in [-0.05, 0) is 67.2 Å². The minimum Gasteiger partial charge on any atom is -0.523 e. The molecule has 6 nitrogen and oxygen atoms in total. The van der Waals surface area contributed by atoms with Crippen molar-refractivity contribution < 1.29 is 56.1 Å². The Kier molecular flexibility index (Phi) is 17.9. The van der Waals surface area contributed by atoms with Gasteiger partial charge >= 0.3 is 37.7 Å². The van der Waals surface area contributed by atoms with E-state index in [1.165, 1.54) is 25.7 Å². The molecule has 0 amide bonds. The normalized spacial score (nSPS) is 27.2. The Morgan fingerprint density at radius 1 is 0.500 bits per heavy atom. The maximum absolute atomic E-state index is 5.24. The number of ether oxygens (including phenoxy) is 2. The summed E-state index contributed by atoms with van der Waals surface area (Å²) >= 11 is 0. The van der Waals surface area contributed by atoms with Crippen molar-refractivity contribution in [3.8, 4) is 0 Å². The zero-order valence-corrected chi connectivity index (χ0v) is 27.1. The monoisotopic (exact) mass is 506 g/mol. The summed E-state index contributed by atoms with van der Waals surface area (Å²) in [5.74, 6) is 0. The second-order valence-corrected chi connectivity index (χ2v) is 17.1. The molecule has 3 saturated heterocycles. The third-order valence-electron chi connectivity index (χ3n) is 4.60. The molecule has 10 heteroatoms. The van der Waals surface area contributed by atoms with E-state index in [-0.39, 0.29) is 59.9 Å². The van der Waals surface area contributed by atoms with Gasteiger partial charge in [-0.2, -0.15) is 0 Å². The van der Waals surface area contributed by atoms with E-state index in [9.17, 15) is 0 Å². The van der Waals surface area contributed by atoms with Gasteiger partial charge in [0.2, 0.25) is 16.7 Å². The average Bonchev–Trinajstić information content (AvgIpc) is 3.27. The standard InChI is InChI=1S/C16H36N4P2.2C4H8O.2Li/c1-13(2,3)17-21-19(15(7,8)9)22(18-14(4,5)6)20(21)16(10,11)12;2*1-2-4-5-3-1;;/h1-12H3;2*1-4H2;;/q-2;;;2*+1/p+2. The summed E-state index contributed by atoms with van der Waals surface area (Å²) in [5.41, 5.74) is 0.412. The SMILES string of the molecule is C1CCOC1.C1CCOC1.CC(C)(C)[N-]P1[NH+](C(C)(C)C)P([N-]C(C)(C)C)[NH+]1C(C)(C)C.[Li+].[Li+]. The number of rotatable bonds is 2. The van der Waals surface area contributed by atoms with Crippen molar-refractivity contribution in [1.82, 2.24) is 0 Å². The van der Waals surface area contributed by atoms with Crippen LogP contribution in [0, 0.1) is 0 Å². The molecule has 34 heavy (non-hydrogen) atoms. The maximum atomic E-state index is 5.24. The number of hydrogen-bond acceptors (Lipinski definition) is 2. The average molecular weight is 507 g/mol. The summed E-state index contributed by atoms with van der Waals surface area (Å²) < 4.78 is 13.1. The van der Waals surface area contributed by atoms with Crippen LogP contribution in [-0.2, 0) is 9.47 Å². The fraction of sp³-hybridized carbons (Fsp3) is 1.00. The second-order valence-electron chi connectivity index (χ2n) is 13.0. The van der Waals surface area contributed by atoms with Crippen LogP contribution in [0.5, 0.6) is 0 Å². The molecule has 0 aromatic carbocycles. The number of quaternary nitrogens is 2. The minimum atomic E-state index is -0.488. The number of nitrogens with one attached hydrogen (secondary N) is 2. The van der Waals surface area contributed by atoms with Crippen LogP contribution in [0.4, 0.5) is 0 Å². The Bertz CT molecular complexity index is 468.